The van der Waals surface area contributed by atoms with Gasteiger partial charge in [-0.25, -0.2) is 0 Å². The van der Waals surface area contributed by atoms with Crippen molar-refractivity contribution >= 4 is 0 Å². The van der Waals surface area contributed by atoms with Crippen molar-refractivity contribution in [1.82, 2.24) is 9.80 Å². The summed E-state index contributed by atoms with van der Waals surface area (Å²) in [6.45, 7) is 17.0. The smallest absolute Gasteiger partial charge is 0.0459 e. The number of piperazine rings is 1. The molecule has 0 aromatic rings. The average molecular weight is 313 g/mol. The molecule has 0 aromatic heterocycles. The van der Waals surface area contributed by atoms with Crippen molar-refractivity contribution in [3.05, 3.63) is 0 Å². The molecule has 1 rings (SSSR count). The number of likely N-dealkylation sites (N-methyl/N-ethyl adjacent to an activating group) is 1. The summed E-state index contributed by atoms with van der Waals surface area (Å²) < 4.78 is 0. The average Bonchev–Trinajstić information content (AvgIpc) is 2.49. The lowest BCUT2D eigenvalue weighted by Gasteiger charge is -2.34. The van der Waals surface area contributed by atoms with Crippen molar-refractivity contribution in [2.75, 3.05) is 45.9 Å². The van der Waals surface area contributed by atoms with Crippen LogP contribution < -0.4 is 0 Å². The third kappa shape index (κ3) is 9.12. The standard InChI is InChI=1S/C19H40N2O/c1-5-20-13-15-21(16-14-20)12-8-6-7-9-18(17-22)10-11-19(2,3)4/h18,22H,5-17H2,1-4H3/t18-/m1/s1. The number of nitrogens with zero attached hydrogens (tertiary/aromatic N) is 2. The number of aliphatic hydroxyl groups excluding tert-OH is 1. The Kier molecular flexibility index (Phi) is 9.62. The molecule has 0 aromatic carbocycles. The molecule has 0 unspecified atom stereocenters. The third-order valence-electron chi connectivity index (χ3n) is 5.06. The minimum Gasteiger partial charge on any atom is -0.396 e. The molecule has 0 spiro atoms. The lowest BCUT2D eigenvalue weighted by molar-refractivity contribution is 0.135. The van der Waals surface area contributed by atoms with E-state index in [4.69, 9.17) is 0 Å². The molecule has 22 heavy (non-hydrogen) atoms. The van der Waals surface area contributed by atoms with Gasteiger partial charge in [-0.15, -0.1) is 0 Å². The summed E-state index contributed by atoms with van der Waals surface area (Å²) in [7, 11) is 0. The third-order valence-corrected chi connectivity index (χ3v) is 5.06. The van der Waals surface area contributed by atoms with E-state index in [0.29, 0.717) is 17.9 Å². The first kappa shape index (κ1) is 19.9. The van der Waals surface area contributed by atoms with Crippen LogP contribution in [0, 0.1) is 11.3 Å². The highest BCUT2D eigenvalue weighted by atomic mass is 16.3. The molecule has 1 fully saturated rings. The van der Waals surface area contributed by atoms with E-state index >= 15 is 0 Å². The Bertz CT molecular complexity index is 267. The SMILES string of the molecule is CCN1CCN(CCCCC[C@@H](CO)CCC(C)(C)C)CC1. The molecule has 132 valence electrons. The Morgan fingerprint density at radius 2 is 1.55 bits per heavy atom. The molecule has 1 atom stereocenters. The van der Waals surface area contributed by atoms with Gasteiger partial charge >= 0.3 is 0 Å². The Hall–Kier alpha value is -0.120. The van der Waals surface area contributed by atoms with E-state index in [9.17, 15) is 5.11 Å². The van der Waals surface area contributed by atoms with E-state index in [-0.39, 0.29) is 0 Å². The molecule has 0 aliphatic carbocycles. The summed E-state index contributed by atoms with van der Waals surface area (Å²) in [5.41, 5.74) is 0.397. The minimum absolute atomic E-state index is 0.370. The van der Waals surface area contributed by atoms with Gasteiger partial charge in [-0.2, -0.15) is 0 Å². The van der Waals surface area contributed by atoms with Crippen LogP contribution in [0.15, 0.2) is 0 Å². The van der Waals surface area contributed by atoms with Gasteiger partial charge in [0.25, 0.3) is 0 Å². The molecule has 0 amide bonds. The van der Waals surface area contributed by atoms with Crippen LogP contribution >= 0.6 is 0 Å². The van der Waals surface area contributed by atoms with Gasteiger partial charge in [-0.05, 0) is 50.1 Å². The summed E-state index contributed by atoms with van der Waals surface area (Å²) in [5.74, 6) is 0.521. The number of hydrogen-bond donors (Lipinski definition) is 1. The Labute approximate surface area is 139 Å². The first-order valence-corrected chi connectivity index (χ1v) is 9.50. The highest BCUT2D eigenvalue weighted by Crippen LogP contribution is 2.25. The Morgan fingerprint density at radius 1 is 0.909 bits per heavy atom. The summed E-state index contributed by atoms with van der Waals surface area (Å²) in [5, 5.41) is 9.52. The fourth-order valence-electron chi connectivity index (χ4n) is 3.24. The van der Waals surface area contributed by atoms with Crippen LogP contribution in [0.1, 0.15) is 66.2 Å². The van der Waals surface area contributed by atoms with Gasteiger partial charge in [0, 0.05) is 32.8 Å². The molecule has 1 saturated heterocycles. The lowest BCUT2D eigenvalue weighted by Crippen LogP contribution is -2.46. The van der Waals surface area contributed by atoms with E-state index in [1.807, 2.05) is 0 Å². The molecule has 0 radical (unpaired) electrons. The van der Waals surface area contributed by atoms with Crippen LogP contribution in [0.3, 0.4) is 0 Å². The maximum atomic E-state index is 9.52. The second-order valence-electron chi connectivity index (χ2n) is 8.27. The summed E-state index contributed by atoms with van der Waals surface area (Å²) in [6.07, 6.45) is 7.53. The number of hydrogen-bond acceptors (Lipinski definition) is 3. The topological polar surface area (TPSA) is 26.7 Å². The first-order chi connectivity index (χ1) is 10.4. The van der Waals surface area contributed by atoms with Gasteiger partial charge in [0.2, 0.25) is 0 Å². The molecular formula is C19H40N2O. The summed E-state index contributed by atoms with van der Waals surface area (Å²) >= 11 is 0. The zero-order valence-electron chi connectivity index (χ0n) is 15.6. The number of rotatable bonds is 10. The normalized spacial score (nSPS) is 19.5. The monoisotopic (exact) mass is 312 g/mol. The molecule has 3 heteroatoms. The van der Waals surface area contributed by atoms with Crippen molar-refractivity contribution < 1.29 is 5.11 Å². The largest absolute Gasteiger partial charge is 0.396 e. The van der Waals surface area contributed by atoms with Crippen molar-refractivity contribution in [2.24, 2.45) is 11.3 Å². The molecule has 3 nitrogen and oxygen atoms in total. The number of unbranched alkanes of at least 4 members (excludes halogenated alkanes) is 2. The van der Waals surface area contributed by atoms with Crippen LogP contribution in [0.4, 0.5) is 0 Å². The van der Waals surface area contributed by atoms with Crippen molar-refractivity contribution in [1.29, 1.82) is 0 Å². The second kappa shape index (κ2) is 10.6. The molecule has 1 aliphatic heterocycles. The molecule has 0 bridgehead atoms. The van der Waals surface area contributed by atoms with Crippen molar-refractivity contribution in [3.63, 3.8) is 0 Å². The van der Waals surface area contributed by atoms with Crippen LogP contribution in [0.2, 0.25) is 0 Å². The quantitative estimate of drug-likeness (QED) is 0.624. The zero-order valence-corrected chi connectivity index (χ0v) is 15.6. The summed E-state index contributed by atoms with van der Waals surface area (Å²) in [4.78, 5) is 5.16. The van der Waals surface area contributed by atoms with Crippen LogP contribution in [-0.2, 0) is 0 Å². The van der Waals surface area contributed by atoms with Gasteiger partial charge in [-0.3, -0.25) is 0 Å². The van der Waals surface area contributed by atoms with Gasteiger partial charge < -0.3 is 14.9 Å². The molecule has 1 N–H and O–H groups in total. The van der Waals surface area contributed by atoms with Crippen molar-refractivity contribution in [3.8, 4) is 0 Å². The molecule has 1 heterocycles. The first-order valence-electron chi connectivity index (χ1n) is 9.50. The van der Waals surface area contributed by atoms with E-state index in [0.717, 1.165) is 0 Å². The second-order valence-corrected chi connectivity index (χ2v) is 8.27. The van der Waals surface area contributed by atoms with Gasteiger partial charge in [-0.1, -0.05) is 40.5 Å². The van der Waals surface area contributed by atoms with Gasteiger partial charge in [0.05, 0.1) is 0 Å². The highest BCUT2D eigenvalue weighted by molar-refractivity contribution is 4.71. The predicted octanol–water partition coefficient (Wildman–Crippen LogP) is 3.62. The molecular weight excluding hydrogens is 272 g/mol. The van der Waals surface area contributed by atoms with Gasteiger partial charge in [0.15, 0.2) is 0 Å². The fourth-order valence-corrected chi connectivity index (χ4v) is 3.24. The van der Waals surface area contributed by atoms with Crippen LogP contribution in [-0.4, -0.2) is 60.8 Å². The van der Waals surface area contributed by atoms with Gasteiger partial charge in [0.1, 0.15) is 0 Å². The zero-order chi connectivity index (χ0) is 16.4. The van der Waals surface area contributed by atoms with Crippen LogP contribution in [0.25, 0.3) is 0 Å². The fraction of sp³-hybridized carbons (Fsp3) is 1.00. The maximum absolute atomic E-state index is 9.52. The molecule has 1 aliphatic rings. The lowest BCUT2D eigenvalue weighted by atomic mass is 9.85. The number of aliphatic hydroxyl groups is 1. The summed E-state index contributed by atoms with van der Waals surface area (Å²) in [6, 6.07) is 0. The van der Waals surface area contributed by atoms with Crippen molar-refractivity contribution in [2.45, 2.75) is 66.2 Å². The maximum Gasteiger partial charge on any atom is 0.0459 e. The van der Waals surface area contributed by atoms with E-state index in [1.54, 1.807) is 0 Å². The molecule has 0 saturated carbocycles. The minimum atomic E-state index is 0.370. The van der Waals surface area contributed by atoms with E-state index in [2.05, 4.69) is 37.5 Å². The Morgan fingerprint density at radius 3 is 2.09 bits per heavy atom. The van der Waals surface area contributed by atoms with E-state index < -0.39 is 0 Å². The predicted molar refractivity (Wildman–Crippen MR) is 96.3 cm³/mol. The van der Waals surface area contributed by atoms with Crippen LogP contribution in [0.5, 0.6) is 0 Å². The Balaban J connectivity index is 2.02. The highest BCUT2D eigenvalue weighted by Gasteiger charge is 2.16. The van der Waals surface area contributed by atoms with E-state index in [1.165, 1.54) is 77.8 Å².